The summed E-state index contributed by atoms with van der Waals surface area (Å²) in [5.41, 5.74) is 4.87. The average molecular weight is 375 g/mol. The van der Waals surface area contributed by atoms with Crippen molar-refractivity contribution in [3.05, 3.63) is 59.1 Å². The maximum atomic E-state index is 11.9. The van der Waals surface area contributed by atoms with E-state index in [1.54, 1.807) is 5.48 Å². The van der Waals surface area contributed by atoms with Crippen LogP contribution in [0.1, 0.15) is 32.3 Å². The number of nitrogens with zero attached hydrogens (tertiary/aromatic N) is 1. The molecule has 0 aromatic heterocycles. The number of nitrogens with one attached hydrogen (secondary N) is 1. The van der Waals surface area contributed by atoms with Crippen molar-refractivity contribution in [3.63, 3.8) is 0 Å². The van der Waals surface area contributed by atoms with E-state index in [0.717, 1.165) is 16.7 Å². The van der Waals surface area contributed by atoms with Crippen molar-refractivity contribution in [2.75, 3.05) is 0 Å². The molecule has 1 atom stereocenters. The van der Waals surface area contributed by atoms with Crippen LogP contribution in [0.2, 0.25) is 5.02 Å². The number of carbonyl (C=O) groups is 1. The van der Waals surface area contributed by atoms with E-state index in [1.807, 2.05) is 62.4 Å². The van der Waals surface area contributed by atoms with Gasteiger partial charge >= 0.3 is 0 Å². The lowest BCUT2D eigenvalue weighted by molar-refractivity contribution is -0.133. The second kappa shape index (κ2) is 9.36. The molecule has 2 aromatic carbocycles. The molecule has 6 heteroatoms. The van der Waals surface area contributed by atoms with Crippen LogP contribution in [0.5, 0.6) is 0 Å². The monoisotopic (exact) mass is 374 g/mol. The van der Waals surface area contributed by atoms with Crippen molar-refractivity contribution in [2.24, 2.45) is 17.0 Å². The summed E-state index contributed by atoms with van der Waals surface area (Å²) in [4.78, 5) is 11.9. The Bertz CT molecular complexity index is 756. The summed E-state index contributed by atoms with van der Waals surface area (Å²) in [6, 6.07) is 15.1. The van der Waals surface area contributed by atoms with Crippen LogP contribution in [0, 0.1) is 11.8 Å². The van der Waals surface area contributed by atoms with Gasteiger partial charge in [0.1, 0.15) is 0 Å². The first-order valence-corrected chi connectivity index (χ1v) is 8.83. The van der Waals surface area contributed by atoms with E-state index in [-0.39, 0.29) is 12.3 Å². The average Bonchev–Trinajstić information content (AvgIpc) is 2.65. The van der Waals surface area contributed by atoms with E-state index in [0.29, 0.717) is 17.2 Å². The van der Waals surface area contributed by atoms with Gasteiger partial charge in [0.25, 0.3) is 0 Å². The van der Waals surface area contributed by atoms with E-state index in [4.69, 9.17) is 16.8 Å². The van der Waals surface area contributed by atoms with Gasteiger partial charge in [0.05, 0.1) is 5.71 Å². The maximum absolute atomic E-state index is 11.9. The number of hydroxylamine groups is 1. The van der Waals surface area contributed by atoms with Gasteiger partial charge in [0, 0.05) is 17.4 Å². The van der Waals surface area contributed by atoms with Crippen molar-refractivity contribution in [3.8, 4) is 11.1 Å². The zero-order valence-electron chi connectivity index (χ0n) is 14.8. The number of amides is 1. The van der Waals surface area contributed by atoms with Crippen LogP contribution in [-0.2, 0) is 4.79 Å². The van der Waals surface area contributed by atoms with Crippen LogP contribution in [-0.4, -0.2) is 22.0 Å². The first kappa shape index (κ1) is 19.9. The molecule has 26 heavy (non-hydrogen) atoms. The van der Waals surface area contributed by atoms with Gasteiger partial charge in [-0.05, 0) is 41.2 Å². The molecule has 2 rings (SSSR count). The fraction of sp³-hybridized carbons (Fsp3) is 0.300. The van der Waals surface area contributed by atoms with E-state index in [9.17, 15) is 10.0 Å². The molecular weight excluding hydrogens is 352 g/mol. The third-order valence-corrected chi connectivity index (χ3v) is 4.45. The number of halogens is 1. The first-order chi connectivity index (χ1) is 12.4. The Balaban J connectivity index is 2.19. The first-order valence-electron chi connectivity index (χ1n) is 8.45. The predicted octanol–water partition coefficient (Wildman–Crippen LogP) is 4.74. The summed E-state index contributed by atoms with van der Waals surface area (Å²) in [6.07, 6.45) is 0.815. The van der Waals surface area contributed by atoms with E-state index >= 15 is 0 Å². The zero-order valence-corrected chi connectivity index (χ0v) is 15.6. The molecule has 0 fully saturated rings. The van der Waals surface area contributed by atoms with Crippen molar-refractivity contribution >= 4 is 23.2 Å². The maximum Gasteiger partial charge on any atom is 0.246 e. The Morgan fingerprint density at radius 3 is 2.08 bits per heavy atom. The summed E-state index contributed by atoms with van der Waals surface area (Å²) in [6.45, 7) is 3.99. The highest BCUT2D eigenvalue weighted by Gasteiger charge is 2.22. The molecule has 3 N–H and O–H groups in total. The number of oxime groups is 1. The predicted molar refractivity (Wildman–Crippen MR) is 103 cm³/mol. The third kappa shape index (κ3) is 5.31. The molecule has 0 saturated heterocycles. The smallest absolute Gasteiger partial charge is 0.246 e. The van der Waals surface area contributed by atoms with Crippen LogP contribution >= 0.6 is 11.6 Å². The SMILES string of the molecule is CC(C)CC(C/C(=N\O)c1ccc(-c2ccc(Cl)cc2)cc1)C(=O)NO. The molecule has 2 aromatic rings. The highest BCUT2D eigenvalue weighted by molar-refractivity contribution is 6.30. The summed E-state index contributed by atoms with van der Waals surface area (Å²) < 4.78 is 0. The molecule has 5 nitrogen and oxygen atoms in total. The molecule has 138 valence electrons. The van der Waals surface area contributed by atoms with E-state index in [1.165, 1.54) is 0 Å². The van der Waals surface area contributed by atoms with Gasteiger partial charge in [-0.1, -0.05) is 67.0 Å². The lowest BCUT2D eigenvalue weighted by Crippen LogP contribution is -2.30. The summed E-state index contributed by atoms with van der Waals surface area (Å²) in [5.74, 6) is -0.677. The summed E-state index contributed by atoms with van der Waals surface area (Å²) in [7, 11) is 0. The molecule has 0 heterocycles. The molecular formula is C20H23ClN2O3. The van der Waals surface area contributed by atoms with Crippen LogP contribution < -0.4 is 5.48 Å². The Hall–Kier alpha value is -2.37. The highest BCUT2D eigenvalue weighted by atomic mass is 35.5. The minimum absolute atomic E-state index is 0.237. The van der Waals surface area contributed by atoms with Gasteiger partial charge in [-0.15, -0.1) is 0 Å². The molecule has 1 amide bonds. The van der Waals surface area contributed by atoms with Crippen LogP contribution in [0.3, 0.4) is 0 Å². The van der Waals surface area contributed by atoms with Crippen molar-refractivity contribution in [2.45, 2.75) is 26.7 Å². The van der Waals surface area contributed by atoms with Gasteiger partial charge < -0.3 is 5.21 Å². The Kier molecular flexibility index (Phi) is 7.18. The minimum Gasteiger partial charge on any atom is -0.411 e. The van der Waals surface area contributed by atoms with Crippen LogP contribution in [0.25, 0.3) is 11.1 Å². The highest BCUT2D eigenvalue weighted by Crippen LogP contribution is 2.24. The topological polar surface area (TPSA) is 81.9 Å². The number of benzene rings is 2. The second-order valence-electron chi connectivity index (χ2n) is 6.64. The lowest BCUT2D eigenvalue weighted by Gasteiger charge is -2.17. The normalized spacial score (nSPS) is 12.9. The number of rotatable bonds is 7. The van der Waals surface area contributed by atoms with Crippen molar-refractivity contribution in [1.29, 1.82) is 0 Å². The van der Waals surface area contributed by atoms with Gasteiger partial charge in [-0.3, -0.25) is 10.0 Å². The van der Waals surface area contributed by atoms with Crippen molar-refractivity contribution in [1.82, 2.24) is 5.48 Å². The quantitative estimate of drug-likeness (QED) is 0.283. The van der Waals surface area contributed by atoms with Crippen molar-refractivity contribution < 1.29 is 15.2 Å². The molecule has 0 spiro atoms. The second-order valence-corrected chi connectivity index (χ2v) is 7.07. The van der Waals surface area contributed by atoms with Crippen LogP contribution in [0.15, 0.2) is 53.7 Å². The molecule has 0 saturated carbocycles. The third-order valence-electron chi connectivity index (χ3n) is 4.19. The Labute approximate surface area is 158 Å². The Morgan fingerprint density at radius 1 is 1.08 bits per heavy atom. The molecule has 0 aliphatic rings. The van der Waals surface area contributed by atoms with Gasteiger partial charge in [0.2, 0.25) is 5.91 Å². The van der Waals surface area contributed by atoms with Crippen LogP contribution in [0.4, 0.5) is 0 Å². The largest absolute Gasteiger partial charge is 0.411 e. The lowest BCUT2D eigenvalue weighted by atomic mass is 9.89. The molecule has 1 unspecified atom stereocenters. The number of hydrogen-bond acceptors (Lipinski definition) is 4. The summed E-state index contributed by atoms with van der Waals surface area (Å²) in [5, 5.41) is 22.4. The number of hydrogen-bond donors (Lipinski definition) is 3. The minimum atomic E-state index is -0.474. The Morgan fingerprint density at radius 2 is 1.62 bits per heavy atom. The number of carbonyl (C=O) groups excluding carboxylic acids is 1. The molecule has 0 bridgehead atoms. The molecule has 0 aliphatic carbocycles. The zero-order chi connectivity index (χ0) is 19.1. The standard InChI is InChI=1S/C20H23ClN2O3/c1-13(2)11-17(20(24)23-26)12-19(22-25)16-5-3-14(4-6-16)15-7-9-18(21)10-8-15/h3-10,13,17,25-26H,11-12H2,1-2H3,(H,23,24)/b22-19+. The van der Waals surface area contributed by atoms with Gasteiger partial charge in [-0.25, -0.2) is 5.48 Å². The van der Waals surface area contributed by atoms with E-state index in [2.05, 4.69) is 5.16 Å². The fourth-order valence-corrected chi connectivity index (χ4v) is 3.02. The molecule has 0 aliphatic heterocycles. The van der Waals surface area contributed by atoms with Gasteiger partial charge in [-0.2, -0.15) is 0 Å². The fourth-order valence-electron chi connectivity index (χ4n) is 2.89. The molecule has 0 radical (unpaired) electrons. The van der Waals surface area contributed by atoms with Gasteiger partial charge in [0.15, 0.2) is 0 Å². The van der Waals surface area contributed by atoms with E-state index < -0.39 is 11.8 Å². The summed E-state index contributed by atoms with van der Waals surface area (Å²) >= 11 is 5.91.